The molecule has 1 atom stereocenters. The van der Waals surface area contributed by atoms with Gasteiger partial charge in [-0.05, 0) is 68.0 Å². The normalized spacial score (nSPS) is 18.6. The number of aryl methyl sites for hydroxylation is 3. The SMILES string of the molecule is Cc1ccc(C2C(C#N)=C(N)N(c3nnc(SCC(=O)Nc4ccc(C)c(C)c4)s3)C3=C2C(=O)CC(C)(C)C3)s1. The van der Waals surface area contributed by atoms with Gasteiger partial charge in [0.15, 0.2) is 10.1 Å². The van der Waals surface area contributed by atoms with Crippen LogP contribution in [0.2, 0.25) is 0 Å². The van der Waals surface area contributed by atoms with Gasteiger partial charge in [-0.2, -0.15) is 5.26 Å². The molecule has 0 fully saturated rings. The predicted octanol–water partition coefficient (Wildman–Crippen LogP) is 6.20. The molecule has 8 nitrogen and oxygen atoms in total. The molecular weight excluding hydrogens is 561 g/mol. The summed E-state index contributed by atoms with van der Waals surface area (Å²) in [4.78, 5) is 30.0. The maximum absolute atomic E-state index is 13.6. The van der Waals surface area contributed by atoms with Crippen LogP contribution in [0.15, 0.2) is 57.3 Å². The van der Waals surface area contributed by atoms with Gasteiger partial charge in [-0.15, -0.1) is 21.5 Å². The maximum Gasteiger partial charge on any atom is 0.234 e. The fourth-order valence-electron chi connectivity index (χ4n) is 5.12. The third-order valence-electron chi connectivity index (χ3n) is 7.13. The first-order valence-corrected chi connectivity index (χ1v) is 15.4. The van der Waals surface area contributed by atoms with Crippen molar-refractivity contribution in [1.29, 1.82) is 5.26 Å². The Morgan fingerprint density at radius 3 is 2.62 bits per heavy atom. The zero-order valence-electron chi connectivity index (χ0n) is 23.0. The maximum atomic E-state index is 13.6. The molecule has 1 unspecified atom stereocenters. The van der Waals surface area contributed by atoms with Crippen LogP contribution in [0.25, 0.3) is 0 Å². The Hall–Kier alpha value is -3.46. The zero-order chi connectivity index (χ0) is 28.8. The summed E-state index contributed by atoms with van der Waals surface area (Å²) in [6.07, 6.45) is 1.00. The van der Waals surface area contributed by atoms with E-state index in [0.29, 0.717) is 33.5 Å². The summed E-state index contributed by atoms with van der Waals surface area (Å²) in [7, 11) is 0. The first-order chi connectivity index (χ1) is 19.0. The number of nitrogens with zero attached hydrogens (tertiary/aromatic N) is 4. The number of anilines is 2. The number of thioether (sulfide) groups is 1. The number of ketones is 1. The molecule has 2 aromatic heterocycles. The average Bonchev–Trinajstić information content (AvgIpc) is 3.52. The van der Waals surface area contributed by atoms with Gasteiger partial charge in [0.2, 0.25) is 11.0 Å². The van der Waals surface area contributed by atoms with Gasteiger partial charge >= 0.3 is 0 Å². The van der Waals surface area contributed by atoms with Crippen molar-refractivity contribution in [3.63, 3.8) is 0 Å². The fourth-order valence-corrected chi connectivity index (χ4v) is 7.79. The van der Waals surface area contributed by atoms with Gasteiger partial charge in [0, 0.05) is 33.1 Å². The topological polar surface area (TPSA) is 125 Å². The summed E-state index contributed by atoms with van der Waals surface area (Å²) in [5.41, 5.74) is 11.2. The van der Waals surface area contributed by atoms with E-state index in [0.717, 1.165) is 32.3 Å². The molecule has 40 heavy (non-hydrogen) atoms. The lowest BCUT2D eigenvalue weighted by Gasteiger charge is -2.42. The highest BCUT2D eigenvalue weighted by molar-refractivity contribution is 8.01. The summed E-state index contributed by atoms with van der Waals surface area (Å²) in [6, 6.07) is 12.1. The second-order valence-electron chi connectivity index (χ2n) is 10.9. The Kier molecular flexibility index (Phi) is 7.61. The third kappa shape index (κ3) is 5.44. The molecule has 3 aromatic rings. The van der Waals surface area contributed by atoms with E-state index in [-0.39, 0.29) is 28.7 Å². The van der Waals surface area contributed by atoms with E-state index >= 15 is 0 Å². The number of hydrogen-bond acceptors (Lipinski definition) is 10. The minimum atomic E-state index is -0.491. The zero-order valence-corrected chi connectivity index (χ0v) is 25.4. The molecule has 5 rings (SSSR count). The molecule has 1 amide bonds. The van der Waals surface area contributed by atoms with Crippen LogP contribution in [0.3, 0.4) is 0 Å². The molecule has 0 saturated carbocycles. The number of Topliss-reactive ketones (excluding diaryl/α,β-unsaturated/α-hetero) is 1. The number of thiophene rings is 1. The molecule has 1 aliphatic heterocycles. The predicted molar refractivity (Wildman–Crippen MR) is 161 cm³/mol. The van der Waals surface area contributed by atoms with Crippen molar-refractivity contribution in [3.8, 4) is 6.07 Å². The highest BCUT2D eigenvalue weighted by Gasteiger charge is 2.45. The van der Waals surface area contributed by atoms with Crippen molar-refractivity contribution in [3.05, 3.63) is 73.9 Å². The van der Waals surface area contributed by atoms with Crippen LogP contribution in [0, 0.1) is 37.5 Å². The third-order valence-corrected chi connectivity index (χ3v) is 10.2. The highest BCUT2D eigenvalue weighted by atomic mass is 32.2. The van der Waals surface area contributed by atoms with Gasteiger partial charge in [0.05, 0.1) is 23.3 Å². The monoisotopic (exact) mass is 590 g/mol. The van der Waals surface area contributed by atoms with E-state index in [2.05, 4.69) is 35.4 Å². The molecule has 0 spiro atoms. The molecule has 2 aliphatic rings. The lowest BCUT2D eigenvalue weighted by molar-refractivity contribution is -0.118. The first kappa shape index (κ1) is 28.1. The van der Waals surface area contributed by atoms with Crippen molar-refractivity contribution in [1.82, 2.24) is 10.2 Å². The fraction of sp³-hybridized carbons (Fsp3) is 0.345. The number of nitrogens with one attached hydrogen (secondary N) is 1. The van der Waals surface area contributed by atoms with Gasteiger partial charge in [-0.25, -0.2) is 0 Å². The van der Waals surface area contributed by atoms with Crippen LogP contribution in [0.5, 0.6) is 0 Å². The second kappa shape index (κ2) is 10.8. The van der Waals surface area contributed by atoms with E-state index in [4.69, 9.17) is 5.73 Å². The Morgan fingerprint density at radius 1 is 1.18 bits per heavy atom. The van der Waals surface area contributed by atoms with Gasteiger partial charge in [-0.1, -0.05) is 43.0 Å². The molecule has 11 heteroatoms. The summed E-state index contributed by atoms with van der Waals surface area (Å²) >= 11 is 4.14. The van der Waals surface area contributed by atoms with E-state index in [1.54, 1.807) is 16.2 Å². The molecule has 1 aromatic carbocycles. The van der Waals surface area contributed by atoms with Crippen LogP contribution >= 0.6 is 34.4 Å². The minimum absolute atomic E-state index is 0.0229. The lowest BCUT2D eigenvalue weighted by Crippen LogP contribution is -2.42. The van der Waals surface area contributed by atoms with Gasteiger partial charge in [0.1, 0.15) is 5.82 Å². The number of nitriles is 1. The second-order valence-corrected chi connectivity index (χ2v) is 14.4. The largest absolute Gasteiger partial charge is 0.384 e. The summed E-state index contributed by atoms with van der Waals surface area (Å²) in [5.74, 6) is -0.185. The molecule has 3 heterocycles. The Labute approximate surface area is 246 Å². The molecule has 0 radical (unpaired) electrons. The van der Waals surface area contributed by atoms with Crippen LogP contribution in [0.1, 0.15) is 53.5 Å². The molecule has 3 N–H and O–H groups in total. The van der Waals surface area contributed by atoms with E-state index in [9.17, 15) is 14.9 Å². The average molecular weight is 591 g/mol. The standard InChI is InChI=1S/C29H30N6O2S3/c1-15-6-8-18(10-16(15)2)32-23(37)14-38-28-34-33-27(40-28)35-20-11-29(4,5)12-21(36)25(20)24(19(13-30)26(35)31)22-9-7-17(3)39-22/h6-10,24H,11-12,14,31H2,1-5H3,(H,32,37). The van der Waals surface area contributed by atoms with Crippen molar-refractivity contribution >= 4 is 56.9 Å². The van der Waals surface area contributed by atoms with Gasteiger partial charge in [0.25, 0.3) is 0 Å². The number of benzene rings is 1. The molecular formula is C29H30N6O2S3. The van der Waals surface area contributed by atoms with Gasteiger partial charge in [-0.3, -0.25) is 14.5 Å². The van der Waals surface area contributed by atoms with Crippen LogP contribution in [-0.2, 0) is 9.59 Å². The molecule has 0 bridgehead atoms. The number of hydrogen-bond donors (Lipinski definition) is 2. The smallest absolute Gasteiger partial charge is 0.234 e. The van der Waals surface area contributed by atoms with Crippen molar-refractivity contribution in [2.75, 3.05) is 16.0 Å². The highest BCUT2D eigenvalue weighted by Crippen LogP contribution is 2.51. The van der Waals surface area contributed by atoms with E-state index < -0.39 is 5.92 Å². The number of rotatable bonds is 6. The van der Waals surface area contributed by atoms with Crippen LogP contribution in [0.4, 0.5) is 10.8 Å². The number of aromatic nitrogens is 2. The number of carbonyl (C=O) groups excluding carboxylic acids is 2. The quantitative estimate of drug-likeness (QED) is 0.325. The summed E-state index contributed by atoms with van der Waals surface area (Å²) in [5, 5.41) is 22.3. The number of carbonyl (C=O) groups is 2. The Balaban J connectivity index is 1.44. The van der Waals surface area contributed by atoms with Crippen molar-refractivity contribution < 1.29 is 9.59 Å². The van der Waals surface area contributed by atoms with Gasteiger partial charge < -0.3 is 11.1 Å². The lowest BCUT2D eigenvalue weighted by atomic mass is 9.70. The van der Waals surface area contributed by atoms with E-state index in [1.807, 2.05) is 51.1 Å². The first-order valence-electron chi connectivity index (χ1n) is 12.8. The Morgan fingerprint density at radius 2 is 1.95 bits per heavy atom. The van der Waals surface area contributed by atoms with Crippen molar-refractivity contribution in [2.24, 2.45) is 11.1 Å². The molecule has 0 saturated heterocycles. The Bertz CT molecular complexity index is 1620. The molecule has 1 aliphatic carbocycles. The van der Waals surface area contributed by atoms with E-state index in [1.165, 1.54) is 23.1 Å². The summed E-state index contributed by atoms with van der Waals surface area (Å²) < 4.78 is 0.594. The van der Waals surface area contributed by atoms with Crippen molar-refractivity contribution in [2.45, 2.75) is 57.7 Å². The van der Waals surface area contributed by atoms with Crippen LogP contribution in [-0.4, -0.2) is 27.6 Å². The van der Waals surface area contributed by atoms with Crippen LogP contribution < -0.4 is 16.0 Å². The summed E-state index contributed by atoms with van der Waals surface area (Å²) in [6.45, 7) is 10.2. The number of nitrogens with two attached hydrogens (primary N) is 1. The minimum Gasteiger partial charge on any atom is -0.384 e. The number of amides is 1. The molecule has 206 valence electrons. The number of allylic oxidation sites excluding steroid dienone is 3.